The third-order valence-electron chi connectivity index (χ3n) is 11.2. The number of hydrogen-bond donors (Lipinski definition) is 10. The lowest BCUT2D eigenvalue weighted by atomic mass is 9.56. The molecule has 294 valence electrons. The van der Waals surface area contributed by atoms with E-state index in [1.807, 2.05) is 0 Å². The van der Waals surface area contributed by atoms with E-state index in [4.69, 9.17) is 23.4 Å². The predicted molar refractivity (Wildman–Crippen MR) is 182 cm³/mol. The first-order chi connectivity index (χ1) is 25.6. The maximum Gasteiger partial charge on any atom is 0.239 e. The number of hydrogen-bond acceptors (Lipinski definition) is 17. The number of fused-ring (bicyclic) bond motifs is 1. The van der Waals surface area contributed by atoms with Crippen LogP contribution in [-0.4, -0.2) is 125 Å². The van der Waals surface area contributed by atoms with Crippen LogP contribution in [0.15, 0.2) is 39.5 Å². The molecule has 3 heterocycles. The molecule has 0 unspecified atom stereocenters. The number of ketones is 1. The van der Waals surface area contributed by atoms with Crippen LogP contribution in [0.1, 0.15) is 39.0 Å². The quantitative estimate of drug-likeness (QED) is 0.151. The lowest BCUT2D eigenvalue weighted by Gasteiger charge is -2.48. The Morgan fingerprint density at radius 2 is 1.31 bits per heavy atom. The zero-order valence-corrected chi connectivity index (χ0v) is 29.0. The second-order valence-corrected chi connectivity index (χ2v) is 15.0. The number of benzene rings is 2. The number of aliphatic hydroxyl groups is 6. The van der Waals surface area contributed by atoms with Gasteiger partial charge in [-0.2, -0.15) is 0 Å². The number of carbonyl (C=O) groups is 1. The minimum Gasteiger partial charge on any atom is -0.508 e. The number of aliphatic hydroxyl groups excluding tert-OH is 6. The van der Waals surface area contributed by atoms with Gasteiger partial charge in [0.25, 0.3) is 0 Å². The summed E-state index contributed by atoms with van der Waals surface area (Å²) in [6, 6.07) is 5.24. The number of carbonyl (C=O) groups excluding carboxylic acids is 1. The van der Waals surface area contributed by atoms with Crippen LogP contribution < -0.4 is 10.2 Å². The van der Waals surface area contributed by atoms with E-state index in [0.29, 0.717) is 17.6 Å². The lowest BCUT2D eigenvalue weighted by Crippen LogP contribution is -2.61. The Morgan fingerprint density at radius 1 is 0.685 bits per heavy atom. The number of aromatic hydroxyl groups is 4. The molecule has 17 nitrogen and oxygen atoms in total. The minimum absolute atomic E-state index is 0.0313. The van der Waals surface area contributed by atoms with Gasteiger partial charge in [0.2, 0.25) is 17.5 Å². The summed E-state index contributed by atoms with van der Waals surface area (Å²) in [6.45, 7) is 0.818. The van der Waals surface area contributed by atoms with E-state index in [0.717, 1.165) is 36.1 Å². The first-order valence-corrected chi connectivity index (χ1v) is 17.9. The Balaban J connectivity index is 0.000000343. The third kappa shape index (κ3) is 7.11. The number of phenols is 4. The highest BCUT2D eigenvalue weighted by Crippen LogP contribution is 2.51. The summed E-state index contributed by atoms with van der Waals surface area (Å²) in [6.07, 6.45) is -9.74. The SMILES string of the molecule is C[C@@H]1O[C@@H](OC[C@H]2O[C@@H](Oc3c(-c4ccc(O)c(O)c4)oc4cc(O)cc(O)c4c3=O)[C@H](O)[C@@H](O)[C@@H]2O)[C@H](O)[C@H](O)[C@H]1O.O=C1C2CC3CC(C2)CC1C3. The summed E-state index contributed by atoms with van der Waals surface area (Å²) in [5.74, 6) is 0.182. The fourth-order valence-corrected chi connectivity index (χ4v) is 8.49. The summed E-state index contributed by atoms with van der Waals surface area (Å²) in [7, 11) is 0. The first-order valence-electron chi connectivity index (χ1n) is 17.9. The van der Waals surface area contributed by atoms with Crippen LogP contribution in [0.5, 0.6) is 28.7 Å². The van der Waals surface area contributed by atoms with Crippen molar-refractivity contribution in [1.82, 2.24) is 0 Å². The molecule has 6 aliphatic rings. The molecule has 4 aliphatic carbocycles. The Hall–Kier alpha value is -4.04. The Labute approximate surface area is 307 Å². The molecule has 0 amide bonds. The molecule has 0 spiro atoms. The normalized spacial score (nSPS) is 37.2. The molecule has 17 heteroatoms. The van der Waals surface area contributed by atoms with Crippen molar-refractivity contribution >= 4 is 16.8 Å². The van der Waals surface area contributed by atoms with Gasteiger partial charge < -0.3 is 74.4 Å². The Bertz CT molecular complexity index is 1900. The van der Waals surface area contributed by atoms with E-state index in [1.54, 1.807) is 0 Å². The smallest absolute Gasteiger partial charge is 0.239 e. The zero-order valence-electron chi connectivity index (χ0n) is 29.0. The van der Waals surface area contributed by atoms with Crippen LogP contribution in [0.3, 0.4) is 0 Å². The molecule has 2 aromatic carbocycles. The highest BCUT2D eigenvalue weighted by molar-refractivity contribution is 5.88. The van der Waals surface area contributed by atoms with Crippen molar-refractivity contribution in [3.63, 3.8) is 0 Å². The van der Waals surface area contributed by atoms with Gasteiger partial charge in [0.05, 0.1) is 12.7 Å². The average Bonchev–Trinajstić information content (AvgIpc) is 3.12. The number of phenolic OH excluding ortho intramolecular Hbond substituents is 4. The van der Waals surface area contributed by atoms with Gasteiger partial charge in [0.15, 0.2) is 23.5 Å². The van der Waals surface area contributed by atoms with Crippen LogP contribution in [0.25, 0.3) is 22.3 Å². The summed E-state index contributed by atoms with van der Waals surface area (Å²) in [5.41, 5.74) is -1.35. The molecule has 2 saturated heterocycles. The maximum atomic E-state index is 13.6. The summed E-state index contributed by atoms with van der Waals surface area (Å²) in [5, 5.41) is 101. The molecule has 6 fully saturated rings. The molecular weight excluding hydrogens is 716 g/mol. The van der Waals surface area contributed by atoms with E-state index in [1.165, 1.54) is 45.1 Å². The van der Waals surface area contributed by atoms with Gasteiger partial charge in [0.1, 0.15) is 71.0 Å². The van der Waals surface area contributed by atoms with E-state index in [9.17, 15) is 60.7 Å². The molecule has 54 heavy (non-hydrogen) atoms. The van der Waals surface area contributed by atoms with Crippen molar-refractivity contribution < 1.29 is 79.2 Å². The molecule has 4 bridgehead atoms. The van der Waals surface area contributed by atoms with Crippen LogP contribution in [-0.2, 0) is 19.0 Å². The van der Waals surface area contributed by atoms with Gasteiger partial charge >= 0.3 is 0 Å². The van der Waals surface area contributed by atoms with Gasteiger partial charge in [-0.15, -0.1) is 0 Å². The van der Waals surface area contributed by atoms with Gasteiger partial charge in [-0.25, -0.2) is 0 Å². The molecule has 1 aromatic heterocycles. The van der Waals surface area contributed by atoms with Crippen LogP contribution in [0, 0.1) is 23.7 Å². The topological polar surface area (TPSA) is 286 Å². The van der Waals surface area contributed by atoms with Crippen molar-refractivity contribution in [2.75, 3.05) is 6.61 Å². The standard InChI is InChI=1S/C27H30O16.C10H14O/c1-8-17(32)20(35)22(37)26(40-8)39-7-15-18(33)21(36)23(38)27(42-15)43-25-19(34)16-13(31)5-10(28)6-14(16)41-24(25)9-2-3-11(29)12(30)4-9;11-10-8-2-6-1-7(4-8)5-9(10)3-6/h2-6,8,15,17-18,20-23,26-33,35-38H,7H2,1H3;6-9H,1-5H2/t8-,15+,17-,18+,20+,21-,22+,23+,26+,27-;/m0./s1. The lowest BCUT2D eigenvalue weighted by molar-refractivity contribution is -0.318. The molecule has 10 N–H and O–H groups in total. The number of Topliss-reactive ketones (excluding diaryl/α,β-unsaturated/α-hetero) is 1. The minimum atomic E-state index is -1.97. The van der Waals surface area contributed by atoms with Crippen LogP contribution >= 0.6 is 0 Å². The first kappa shape index (κ1) is 38.2. The van der Waals surface area contributed by atoms with E-state index in [2.05, 4.69) is 0 Å². The van der Waals surface area contributed by atoms with Gasteiger partial charge in [-0.1, -0.05) is 0 Å². The Kier molecular flexibility index (Phi) is 10.5. The number of rotatable bonds is 6. The second kappa shape index (κ2) is 14.9. The van der Waals surface area contributed by atoms with Crippen LogP contribution in [0.2, 0.25) is 0 Å². The fraction of sp³-hybridized carbons (Fsp3) is 0.568. The van der Waals surface area contributed by atoms with Crippen molar-refractivity contribution in [3.8, 4) is 40.1 Å². The summed E-state index contributed by atoms with van der Waals surface area (Å²) >= 11 is 0. The largest absolute Gasteiger partial charge is 0.508 e. The monoisotopic (exact) mass is 760 g/mol. The molecule has 9 rings (SSSR count). The molecule has 3 aromatic rings. The fourth-order valence-electron chi connectivity index (χ4n) is 8.49. The Morgan fingerprint density at radius 3 is 1.96 bits per heavy atom. The molecule has 10 atom stereocenters. The van der Waals surface area contributed by atoms with Crippen LogP contribution in [0.4, 0.5) is 0 Å². The van der Waals surface area contributed by atoms with E-state index in [-0.39, 0.29) is 11.1 Å². The van der Waals surface area contributed by atoms with E-state index >= 15 is 0 Å². The predicted octanol–water partition coefficient (Wildman–Crippen LogP) is 0.324. The van der Waals surface area contributed by atoms with Crippen molar-refractivity contribution in [1.29, 1.82) is 0 Å². The third-order valence-corrected chi connectivity index (χ3v) is 11.2. The molecular formula is C37H44O17. The average molecular weight is 761 g/mol. The highest BCUT2D eigenvalue weighted by Gasteiger charge is 2.49. The maximum absolute atomic E-state index is 13.6. The summed E-state index contributed by atoms with van der Waals surface area (Å²) in [4.78, 5) is 25.1. The van der Waals surface area contributed by atoms with Gasteiger partial charge in [-0.3, -0.25) is 9.59 Å². The number of ether oxygens (including phenoxy) is 4. The van der Waals surface area contributed by atoms with Gasteiger partial charge in [0, 0.05) is 29.5 Å². The molecule has 4 saturated carbocycles. The zero-order chi connectivity index (χ0) is 38.7. The van der Waals surface area contributed by atoms with Gasteiger partial charge in [-0.05, 0) is 69.1 Å². The second-order valence-electron chi connectivity index (χ2n) is 15.0. The van der Waals surface area contributed by atoms with Crippen molar-refractivity contribution in [2.24, 2.45) is 23.7 Å². The molecule has 0 radical (unpaired) electrons. The molecule has 2 aliphatic heterocycles. The van der Waals surface area contributed by atoms with Crippen molar-refractivity contribution in [2.45, 2.75) is 100 Å². The summed E-state index contributed by atoms with van der Waals surface area (Å²) < 4.78 is 27.8. The van der Waals surface area contributed by atoms with E-state index < -0.39 is 113 Å². The highest BCUT2D eigenvalue weighted by atomic mass is 16.7. The van der Waals surface area contributed by atoms with Crippen molar-refractivity contribution in [3.05, 3.63) is 40.6 Å².